The minimum absolute atomic E-state index is 0. The maximum absolute atomic E-state index is 3.41. The van der Waals surface area contributed by atoms with Crippen molar-refractivity contribution in [3.63, 3.8) is 0 Å². The number of rotatable bonds is 1. The normalized spacial score (nSPS) is 14.0. The summed E-state index contributed by atoms with van der Waals surface area (Å²) in [5, 5.41) is 3.41. The summed E-state index contributed by atoms with van der Waals surface area (Å²) in [5.74, 6) is 0. The maximum Gasteiger partial charge on any atom is 0.0348 e. The van der Waals surface area contributed by atoms with E-state index in [0.717, 1.165) is 13.1 Å². The lowest BCUT2D eigenvalue weighted by molar-refractivity contribution is 0.653. The first-order valence-corrected chi connectivity index (χ1v) is 6.13. The predicted octanol–water partition coefficient (Wildman–Crippen LogP) is 3.48. The van der Waals surface area contributed by atoms with Crippen LogP contribution in [0.1, 0.15) is 10.4 Å². The highest BCUT2D eigenvalue weighted by atomic mass is 35.5. The topological polar surface area (TPSA) is 12.0 Å². The summed E-state index contributed by atoms with van der Waals surface area (Å²) in [4.78, 5) is 2.97. The van der Waals surface area contributed by atoms with Gasteiger partial charge in [-0.05, 0) is 23.6 Å². The van der Waals surface area contributed by atoms with Gasteiger partial charge in [0.2, 0.25) is 0 Å². The third-order valence-electron chi connectivity index (χ3n) is 2.80. The molecular weight excluding hydrogens is 238 g/mol. The molecule has 0 spiro atoms. The van der Waals surface area contributed by atoms with Crippen molar-refractivity contribution < 1.29 is 0 Å². The van der Waals surface area contributed by atoms with Crippen molar-refractivity contribution in [1.82, 2.24) is 5.32 Å². The number of hydrogen-bond donors (Lipinski definition) is 1. The fraction of sp³-hybridized carbons (Fsp3) is 0.231. The molecule has 1 aliphatic heterocycles. The molecule has 0 saturated heterocycles. The van der Waals surface area contributed by atoms with Gasteiger partial charge >= 0.3 is 0 Å². The second-order valence-electron chi connectivity index (χ2n) is 3.85. The lowest BCUT2D eigenvalue weighted by Crippen LogP contribution is -2.21. The summed E-state index contributed by atoms with van der Waals surface area (Å²) in [6.07, 6.45) is 1.19. The lowest BCUT2D eigenvalue weighted by atomic mass is 10.1. The summed E-state index contributed by atoms with van der Waals surface area (Å²) in [5.41, 5.74) is 2.84. The number of fused-ring (bicyclic) bond motifs is 1. The molecule has 1 nitrogen and oxygen atoms in total. The van der Waals surface area contributed by atoms with Crippen molar-refractivity contribution in [2.75, 3.05) is 6.54 Å². The smallest absolute Gasteiger partial charge is 0.0348 e. The van der Waals surface area contributed by atoms with Crippen LogP contribution in [0.25, 0.3) is 10.4 Å². The molecule has 0 unspecified atom stereocenters. The molecule has 0 fully saturated rings. The van der Waals surface area contributed by atoms with Crippen LogP contribution < -0.4 is 5.32 Å². The average Bonchev–Trinajstić information content (AvgIpc) is 2.74. The summed E-state index contributed by atoms with van der Waals surface area (Å²) < 4.78 is 0. The van der Waals surface area contributed by atoms with Gasteiger partial charge in [0.05, 0.1) is 0 Å². The first-order valence-electron chi connectivity index (χ1n) is 5.31. The van der Waals surface area contributed by atoms with Gasteiger partial charge in [-0.2, -0.15) is 0 Å². The zero-order chi connectivity index (χ0) is 10.1. The van der Waals surface area contributed by atoms with E-state index < -0.39 is 0 Å². The average molecular weight is 252 g/mol. The van der Waals surface area contributed by atoms with E-state index in [1.54, 1.807) is 4.88 Å². The number of nitrogens with one attached hydrogen (secondary N) is 1. The maximum atomic E-state index is 3.41. The molecule has 3 rings (SSSR count). The second kappa shape index (κ2) is 5.00. The van der Waals surface area contributed by atoms with Crippen molar-refractivity contribution in [1.29, 1.82) is 0 Å². The van der Waals surface area contributed by atoms with Gasteiger partial charge in [-0.1, -0.05) is 30.3 Å². The molecule has 1 N–H and O–H groups in total. The van der Waals surface area contributed by atoms with Gasteiger partial charge < -0.3 is 5.32 Å². The van der Waals surface area contributed by atoms with Crippen LogP contribution in [0.2, 0.25) is 0 Å². The van der Waals surface area contributed by atoms with Crippen LogP contribution in [-0.4, -0.2) is 6.54 Å². The van der Waals surface area contributed by atoms with E-state index in [1.807, 2.05) is 11.3 Å². The predicted molar refractivity (Wildman–Crippen MR) is 72.4 cm³/mol. The Morgan fingerprint density at radius 1 is 1.12 bits per heavy atom. The van der Waals surface area contributed by atoms with Crippen molar-refractivity contribution in [3.8, 4) is 10.4 Å². The lowest BCUT2D eigenvalue weighted by Gasteiger charge is -2.10. The van der Waals surface area contributed by atoms with Crippen molar-refractivity contribution >= 4 is 23.7 Å². The Labute approximate surface area is 106 Å². The summed E-state index contributed by atoms with van der Waals surface area (Å²) >= 11 is 1.95. The number of benzene rings is 1. The minimum Gasteiger partial charge on any atom is -0.312 e. The highest BCUT2D eigenvalue weighted by Gasteiger charge is 2.13. The van der Waals surface area contributed by atoms with Crippen LogP contribution in [0.3, 0.4) is 0 Å². The zero-order valence-electron chi connectivity index (χ0n) is 8.90. The van der Waals surface area contributed by atoms with E-state index in [0.29, 0.717) is 0 Å². The van der Waals surface area contributed by atoms with Crippen LogP contribution in [0.15, 0.2) is 36.4 Å². The summed E-state index contributed by atoms with van der Waals surface area (Å²) in [6, 6.07) is 13.0. The Balaban J connectivity index is 0.000000963. The summed E-state index contributed by atoms with van der Waals surface area (Å²) in [7, 11) is 0. The monoisotopic (exact) mass is 251 g/mol. The third-order valence-corrected chi connectivity index (χ3v) is 4.09. The van der Waals surface area contributed by atoms with E-state index in [9.17, 15) is 0 Å². The molecule has 16 heavy (non-hydrogen) atoms. The SMILES string of the molecule is Cl.c1ccc(-c2cc3c(s2)CCNC3)cc1. The Bertz CT molecular complexity index is 441. The molecule has 0 atom stereocenters. The number of halogens is 1. The Morgan fingerprint density at radius 3 is 2.69 bits per heavy atom. The van der Waals surface area contributed by atoms with Crippen LogP contribution >= 0.6 is 23.7 Å². The quantitative estimate of drug-likeness (QED) is 0.818. The van der Waals surface area contributed by atoms with Gasteiger partial charge in [-0.15, -0.1) is 23.7 Å². The molecule has 84 valence electrons. The van der Waals surface area contributed by atoms with Gasteiger partial charge in [0.1, 0.15) is 0 Å². The first-order chi connectivity index (χ1) is 7.43. The molecule has 0 radical (unpaired) electrons. The van der Waals surface area contributed by atoms with Gasteiger partial charge in [0.25, 0.3) is 0 Å². The Hall–Kier alpha value is -0.830. The first kappa shape index (κ1) is 11.6. The van der Waals surface area contributed by atoms with Crippen molar-refractivity contribution in [3.05, 3.63) is 46.8 Å². The Kier molecular flexibility index (Phi) is 3.64. The van der Waals surface area contributed by atoms with E-state index >= 15 is 0 Å². The zero-order valence-corrected chi connectivity index (χ0v) is 10.5. The molecule has 0 amide bonds. The molecule has 1 aliphatic rings. The fourth-order valence-corrected chi connectivity index (χ4v) is 3.18. The van der Waals surface area contributed by atoms with Crippen LogP contribution in [0, 0.1) is 0 Å². The van der Waals surface area contributed by atoms with Crippen LogP contribution in [-0.2, 0) is 13.0 Å². The van der Waals surface area contributed by atoms with E-state index in [4.69, 9.17) is 0 Å². The minimum atomic E-state index is 0. The van der Waals surface area contributed by atoms with E-state index in [2.05, 4.69) is 41.7 Å². The molecule has 0 aliphatic carbocycles. The number of hydrogen-bond acceptors (Lipinski definition) is 2. The van der Waals surface area contributed by atoms with Crippen molar-refractivity contribution in [2.24, 2.45) is 0 Å². The molecule has 2 aromatic rings. The van der Waals surface area contributed by atoms with E-state index in [-0.39, 0.29) is 12.4 Å². The molecule has 1 aromatic heterocycles. The molecular formula is C13H14ClNS. The fourth-order valence-electron chi connectivity index (χ4n) is 2.00. The molecule has 0 saturated carbocycles. The highest BCUT2D eigenvalue weighted by molar-refractivity contribution is 7.15. The Morgan fingerprint density at radius 2 is 1.94 bits per heavy atom. The van der Waals surface area contributed by atoms with Crippen LogP contribution in [0.4, 0.5) is 0 Å². The van der Waals surface area contributed by atoms with Crippen LogP contribution in [0.5, 0.6) is 0 Å². The summed E-state index contributed by atoms with van der Waals surface area (Å²) in [6.45, 7) is 2.17. The molecule has 0 bridgehead atoms. The highest BCUT2D eigenvalue weighted by Crippen LogP contribution is 2.32. The molecule has 1 aromatic carbocycles. The van der Waals surface area contributed by atoms with Crippen molar-refractivity contribution in [2.45, 2.75) is 13.0 Å². The van der Waals surface area contributed by atoms with E-state index in [1.165, 1.54) is 22.4 Å². The van der Waals surface area contributed by atoms with Gasteiger partial charge in [-0.3, -0.25) is 0 Å². The molecule has 3 heteroatoms. The van der Waals surface area contributed by atoms with Gasteiger partial charge in [0.15, 0.2) is 0 Å². The second-order valence-corrected chi connectivity index (χ2v) is 4.99. The standard InChI is InChI=1S/C13H13NS.ClH/c1-2-4-10(5-3-1)13-8-11-9-14-7-6-12(11)15-13;/h1-5,8,14H,6-7,9H2;1H. The van der Waals surface area contributed by atoms with Gasteiger partial charge in [0, 0.05) is 22.8 Å². The number of thiophene rings is 1. The molecule has 2 heterocycles. The third kappa shape index (κ3) is 2.14. The van der Waals surface area contributed by atoms with Gasteiger partial charge in [-0.25, -0.2) is 0 Å². The largest absolute Gasteiger partial charge is 0.312 e.